The zero-order valence-corrected chi connectivity index (χ0v) is 14.2. The molecule has 0 amide bonds. The molecule has 0 saturated carbocycles. The lowest BCUT2D eigenvalue weighted by Gasteiger charge is -2.05. The molecule has 3 heteroatoms. The Labute approximate surface area is 136 Å². The zero-order valence-electron chi connectivity index (χ0n) is 12.6. The molecular formula is C18H23BrO2. The number of ether oxygens (including phenoxy) is 1. The predicted molar refractivity (Wildman–Crippen MR) is 91.4 cm³/mol. The van der Waals surface area contributed by atoms with Gasteiger partial charge in [0.25, 0.3) is 0 Å². The minimum atomic E-state index is -0.276. The number of esters is 1. The van der Waals surface area contributed by atoms with Crippen molar-refractivity contribution in [2.24, 2.45) is 0 Å². The third-order valence-electron chi connectivity index (χ3n) is 3.10. The van der Waals surface area contributed by atoms with Gasteiger partial charge in [-0.25, -0.2) is 4.79 Å². The van der Waals surface area contributed by atoms with Crippen LogP contribution in [0.15, 0.2) is 53.0 Å². The second kappa shape index (κ2) is 10.4. The molecule has 2 nitrogen and oxygen atoms in total. The second-order valence-electron chi connectivity index (χ2n) is 4.85. The van der Waals surface area contributed by atoms with E-state index in [9.17, 15) is 4.79 Å². The van der Waals surface area contributed by atoms with Gasteiger partial charge in [-0.1, -0.05) is 58.9 Å². The van der Waals surface area contributed by atoms with E-state index < -0.39 is 0 Å². The molecule has 0 aromatic heterocycles. The van der Waals surface area contributed by atoms with Gasteiger partial charge in [0.05, 0.1) is 6.61 Å². The molecule has 21 heavy (non-hydrogen) atoms. The highest BCUT2D eigenvalue weighted by molar-refractivity contribution is 9.11. The fourth-order valence-electron chi connectivity index (χ4n) is 1.95. The molecule has 0 aliphatic heterocycles. The summed E-state index contributed by atoms with van der Waals surface area (Å²) in [5.41, 5.74) is 1.91. The quantitative estimate of drug-likeness (QED) is 0.452. The van der Waals surface area contributed by atoms with Crippen molar-refractivity contribution in [1.29, 1.82) is 0 Å². The largest absolute Gasteiger partial charge is 0.463 e. The number of hydrogen-bond donors (Lipinski definition) is 0. The van der Waals surface area contributed by atoms with Crippen LogP contribution in [-0.2, 0) is 16.0 Å². The molecule has 1 aromatic carbocycles. The van der Waals surface area contributed by atoms with Crippen LogP contribution >= 0.6 is 15.9 Å². The number of carbonyl (C=O) groups excluding carboxylic acids is 1. The van der Waals surface area contributed by atoms with Crippen molar-refractivity contribution in [3.8, 4) is 0 Å². The average molecular weight is 351 g/mol. The Morgan fingerprint density at radius 1 is 1.29 bits per heavy atom. The number of carbonyl (C=O) groups is 1. The molecule has 0 aliphatic carbocycles. The first-order valence-corrected chi connectivity index (χ1v) is 8.16. The minimum Gasteiger partial charge on any atom is -0.463 e. The maximum atomic E-state index is 11.4. The zero-order chi connectivity index (χ0) is 15.5. The van der Waals surface area contributed by atoms with Gasteiger partial charge in [0.15, 0.2) is 0 Å². The average Bonchev–Trinajstić information content (AvgIpc) is 2.48. The van der Waals surface area contributed by atoms with E-state index in [4.69, 9.17) is 4.74 Å². The molecule has 1 aromatic rings. The van der Waals surface area contributed by atoms with E-state index in [1.165, 1.54) is 10.0 Å². The fraction of sp³-hybridized carbons (Fsp3) is 0.389. The lowest BCUT2D eigenvalue weighted by molar-refractivity contribution is -0.138. The maximum Gasteiger partial charge on any atom is 0.333 e. The molecule has 0 saturated heterocycles. The van der Waals surface area contributed by atoms with Gasteiger partial charge in [-0.2, -0.15) is 0 Å². The molecule has 0 aliphatic rings. The van der Waals surface area contributed by atoms with Gasteiger partial charge in [-0.15, -0.1) is 0 Å². The fourth-order valence-corrected chi connectivity index (χ4v) is 2.46. The van der Waals surface area contributed by atoms with E-state index >= 15 is 0 Å². The van der Waals surface area contributed by atoms with Crippen LogP contribution in [0.5, 0.6) is 0 Å². The number of hydrogen-bond acceptors (Lipinski definition) is 2. The number of halogens is 1. The third kappa shape index (κ3) is 7.86. The Morgan fingerprint density at radius 3 is 2.67 bits per heavy atom. The summed E-state index contributed by atoms with van der Waals surface area (Å²) in [5, 5.41) is 0. The molecule has 0 atom stereocenters. The van der Waals surface area contributed by atoms with Crippen LogP contribution in [0.3, 0.4) is 0 Å². The Hall–Kier alpha value is -1.35. The van der Waals surface area contributed by atoms with Gasteiger partial charge in [0.2, 0.25) is 0 Å². The van der Waals surface area contributed by atoms with Crippen LogP contribution < -0.4 is 0 Å². The summed E-state index contributed by atoms with van der Waals surface area (Å²) in [6.45, 7) is 5.97. The van der Waals surface area contributed by atoms with Crippen LogP contribution in [0, 0.1) is 0 Å². The standard InChI is InChI=1S/C18H23BrO2/c1-3-21-18(20)15(2)9-7-13-17(19)14-8-12-16-10-5-4-6-11-16/h4-6,10-11,14H,2-3,7-9,12-13H2,1H3/b17-14-. The summed E-state index contributed by atoms with van der Waals surface area (Å²) >= 11 is 3.58. The maximum absolute atomic E-state index is 11.4. The number of benzene rings is 1. The van der Waals surface area contributed by atoms with Gasteiger partial charge in [0, 0.05) is 5.57 Å². The highest BCUT2D eigenvalue weighted by Gasteiger charge is 2.07. The molecule has 0 unspecified atom stereocenters. The SMILES string of the molecule is C=C(CCC/C(Br)=C/CCc1ccccc1)C(=O)OCC. The van der Waals surface area contributed by atoms with Crippen LogP contribution in [0.4, 0.5) is 0 Å². The van der Waals surface area contributed by atoms with Gasteiger partial charge in [-0.3, -0.25) is 0 Å². The van der Waals surface area contributed by atoms with Gasteiger partial charge in [-0.05, 0) is 49.1 Å². The van der Waals surface area contributed by atoms with E-state index in [1.807, 2.05) is 6.07 Å². The summed E-state index contributed by atoms with van der Waals surface area (Å²) in [7, 11) is 0. The summed E-state index contributed by atoms with van der Waals surface area (Å²) in [6.07, 6.45) is 6.78. The monoisotopic (exact) mass is 350 g/mol. The molecule has 1 rings (SSSR count). The predicted octanol–water partition coefficient (Wildman–Crippen LogP) is 5.19. The molecular weight excluding hydrogens is 328 g/mol. The van der Waals surface area contributed by atoms with Crippen molar-refractivity contribution in [3.05, 3.63) is 58.6 Å². The first-order valence-electron chi connectivity index (χ1n) is 7.36. The molecule has 0 heterocycles. The summed E-state index contributed by atoms with van der Waals surface area (Å²) < 4.78 is 6.10. The lowest BCUT2D eigenvalue weighted by Crippen LogP contribution is -2.06. The van der Waals surface area contributed by atoms with E-state index in [2.05, 4.69) is 52.9 Å². The van der Waals surface area contributed by atoms with Gasteiger partial charge in [0.1, 0.15) is 0 Å². The molecule has 0 N–H and O–H groups in total. The van der Waals surface area contributed by atoms with E-state index in [0.717, 1.165) is 25.7 Å². The summed E-state index contributed by atoms with van der Waals surface area (Å²) in [5.74, 6) is -0.276. The Balaban J connectivity index is 2.21. The highest BCUT2D eigenvalue weighted by Crippen LogP contribution is 2.18. The van der Waals surface area contributed by atoms with Crippen LogP contribution in [0.1, 0.15) is 38.2 Å². The van der Waals surface area contributed by atoms with Gasteiger partial charge >= 0.3 is 5.97 Å². The van der Waals surface area contributed by atoms with Crippen molar-refractivity contribution in [1.82, 2.24) is 0 Å². The third-order valence-corrected chi connectivity index (χ3v) is 3.82. The molecule has 0 bridgehead atoms. The Bertz CT molecular complexity index is 477. The Kier molecular flexibility index (Phi) is 8.76. The van der Waals surface area contributed by atoms with E-state index in [1.54, 1.807) is 6.92 Å². The van der Waals surface area contributed by atoms with E-state index in [-0.39, 0.29) is 5.97 Å². The number of rotatable bonds is 9. The molecule has 0 fully saturated rings. The van der Waals surface area contributed by atoms with Crippen molar-refractivity contribution in [2.45, 2.75) is 39.0 Å². The van der Waals surface area contributed by atoms with Crippen molar-refractivity contribution >= 4 is 21.9 Å². The summed E-state index contributed by atoms with van der Waals surface area (Å²) in [4.78, 5) is 11.4. The normalized spacial score (nSPS) is 11.2. The first-order chi connectivity index (χ1) is 10.1. The van der Waals surface area contributed by atoms with Crippen molar-refractivity contribution < 1.29 is 9.53 Å². The minimum absolute atomic E-state index is 0.276. The second-order valence-corrected chi connectivity index (χ2v) is 5.87. The smallest absolute Gasteiger partial charge is 0.333 e. The lowest BCUT2D eigenvalue weighted by atomic mass is 10.1. The van der Waals surface area contributed by atoms with Crippen LogP contribution in [-0.4, -0.2) is 12.6 Å². The topological polar surface area (TPSA) is 26.3 Å². The molecule has 0 radical (unpaired) electrons. The number of allylic oxidation sites excluding steroid dienone is 2. The Morgan fingerprint density at radius 2 is 2.00 bits per heavy atom. The van der Waals surface area contributed by atoms with Crippen molar-refractivity contribution in [3.63, 3.8) is 0 Å². The van der Waals surface area contributed by atoms with Gasteiger partial charge < -0.3 is 4.74 Å². The van der Waals surface area contributed by atoms with Crippen molar-refractivity contribution in [2.75, 3.05) is 6.61 Å². The number of aryl methyl sites for hydroxylation is 1. The van der Waals surface area contributed by atoms with Crippen LogP contribution in [0.25, 0.3) is 0 Å². The van der Waals surface area contributed by atoms with E-state index in [0.29, 0.717) is 18.6 Å². The summed E-state index contributed by atoms with van der Waals surface area (Å²) in [6, 6.07) is 10.5. The first kappa shape index (κ1) is 17.7. The molecule has 114 valence electrons. The highest BCUT2D eigenvalue weighted by atomic mass is 79.9. The van der Waals surface area contributed by atoms with Crippen LogP contribution in [0.2, 0.25) is 0 Å². The molecule has 0 spiro atoms.